The molecule has 0 saturated heterocycles. The van der Waals surface area contributed by atoms with Gasteiger partial charge in [0.25, 0.3) is 0 Å². The van der Waals surface area contributed by atoms with E-state index < -0.39 is 0 Å². The topological polar surface area (TPSA) is 47.6 Å². The van der Waals surface area contributed by atoms with Gasteiger partial charge >= 0.3 is 0 Å². The third kappa shape index (κ3) is 3.79. The molecule has 1 amide bonds. The lowest BCUT2D eigenvalue weighted by Crippen LogP contribution is -2.24. The van der Waals surface area contributed by atoms with Crippen molar-refractivity contribution in [2.45, 2.75) is 19.9 Å². The summed E-state index contributed by atoms with van der Waals surface area (Å²) in [6.07, 6.45) is 0.157. The standard InChI is InChI=1S/C18H17ClFNO3/c1-11-2-3-12(7-15(11)20)10-21-17(22)9-13-6-14(19)18-16(8-13)23-4-5-24-18/h2-3,6-8H,4-5,9-10H2,1H3,(H,21,22). The first-order chi connectivity index (χ1) is 11.5. The molecule has 0 radical (unpaired) electrons. The summed E-state index contributed by atoms with van der Waals surface area (Å²) in [6.45, 7) is 2.88. The van der Waals surface area contributed by atoms with Gasteiger partial charge < -0.3 is 14.8 Å². The smallest absolute Gasteiger partial charge is 0.224 e. The van der Waals surface area contributed by atoms with E-state index in [1.54, 1.807) is 31.2 Å². The quantitative estimate of drug-likeness (QED) is 0.920. The Morgan fingerprint density at radius 2 is 2.00 bits per heavy atom. The number of hydrogen-bond donors (Lipinski definition) is 1. The van der Waals surface area contributed by atoms with Crippen molar-refractivity contribution < 1.29 is 18.7 Å². The lowest BCUT2D eigenvalue weighted by molar-refractivity contribution is -0.120. The summed E-state index contributed by atoms with van der Waals surface area (Å²) in [4.78, 5) is 12.1. The Bertz CT molecular complexity index is 779. The summed E-state index contributed by atoms with van der Waals surface area (Å²) in [5, 5.41) is 3.20. The van der Waals surface area contributed by atoms with Gasteiger partial charge in [-0.15, -0.1) is 0 Å². The largest absolute Gasteiger partial charge is 0.486 e. The molecule has 4 nitrogen and oxygen atoms in total. The molecule has 1 aliphatic rings. The number of halogens is 2. The highest BCUT2D eigenvalue weighted by atomic mass is 35.5. The molecule has 2 aromatic rings. The summed E-state index contributed by atoms with van der Waals surface area (Å²) in [6, 6.07) is 8.36. The number of amides is 1. The van der Waals surface area contributed by atoms with Crippen LogP contribution in [-0.4, -0.2) is 19.1 Å². The Morgan fingerprint density at radius 1 is 1.21 bits per heavy atom. The van der Waals surface area contributed by atoms with Gasteiger partial charge in [-0.1, -0.05) is 23.7 Å². The maximum absolute atomic E-state index is 13.5. The Labute approximate surface area is 144 Å². The molecule has 0 aromatic heterocycles. The van der Waals surface area contributed by atoms with Crippen molar-refractivity contribution in [3.63, 3.8) is 0 Å². The number of hydrogen-bond acceptors (Lipinski definition) is 3. The molecule has 0 unspecified atom stereocenters. The SMILES string of the molecule is Cc1ccc(CNC(=O)Cc2cc(Cl)c3c(c2)OCCO3)cc1F. The average molecular weight is 350 g/mol. The second-order valence-electron chi connectivity index (χ2n) is 5.64. The van der Waals surface area contributed by atoms with Gasteiger partial charge in [-0.2, -0.15) is 0 Å². The lowest BCUT2D eigenvalue weighted by Gasteiger charge is -2.20. The van der Waals surface area contributed by atoms with Gasteiger partial charge in [0.2, 0.25) is 5.91 Å². The Hall–Kier alpha value is -2.27. The molecule has 0 fully saturated rings. The highest BCUT2D eigenvalue weighted by molar-refractivity contribution is 6.32. The van der Waals surface area contributed by atoms with Crippen LogP contribution in [0.2, 0.25) is 5.02 Å². The average Bonchev–Trinajstić information content (AvgIpc) is 2.56. The van der Waals surface area contributed by atoms with Gasteiger partial charge in [0.1, 0.15) is 19.0 Å². The molecule has 0 bridgehead atoms. The van der Waals surface area contributed by atoms with Crippen LogP contribution in [0, 0.1) is 12.7 Å². The van der Waals surface area contributed by atoms with E-state index in [1.165, 1.54) is 6.07 Å². The van der Waals surface area contributed by atoms with E-state index in [0.29, 0.717) is 40.9 Å². The number of carbonyl (C=O) groups is 1. The second-order valence-corrected chi connectivity index (χ2v) is 6.05. The molecule has 6 heteroatoms. The van der Waals surface area contributed by atoms with E-state index in [4.69, 9.17) is 21.1 Å². The minimum absolute atomic E-state index is 0.157. The molecule has 0 spiro atoms. The van der Waals surface area contributed by atoms with Crippen LogP contribution in [-0.2, 0) is 17.8 Å². The molecule has 24 heavy (non-hydrogen) atoms. The number of fused-ring (bicyclic) bond motifs is 1. The normalized spacial score (nSPS) is 12.8. The van der Waals surface area contributed by atoms with Gasteiger partial charge in [0.05, 0.1) is 11.4 Å². The lowest BCUT2D eigenvalue weighted by atomic mass is 10.1. The van der Waals surface area contributed by atoms with Crippen molar-refractivity contribution >= 4 is 17.5 Å². The van der Waals surface area contributed by atoms with Gasteiger partial charge in [-0.25, -0.2) is 4.39 Å². The molecular weight excluding hydrogens is 333 g/mol. The first-order valence-electron chi connectivity index (χ1n) is 7.62. The van der Waals surface area contributed by atoms with Crippen LogP contribution in [0.5, 0.6) is 11.5 Å². The maximum Gasteiger partial charge on any atom is 0.224 e. The van der Waals surface area contributed by atoms with Crippen LogP contribution < -0.4 is 14.8 Å². The van der Waals surface area contributed by atoms with E-state index >= 15 is 0 Å². The zero-order valence-corrected chi connectivity index (χ0v) is 14.0. The molecular formula is C18H17ClFNO3. The summed E-state index contributed by atoms with van der Waals surface area (Å²) >= 11 is 6.16. The fraction of sp³-hybridized carbons (Fsp3) is 0.278. The zero-order valence-electron chi connectivity index (χ0n) is 13.2. The monoisotopic (exact) mass is 349 g/mol. The minimum atomic E-state index is -0.277. The molecule has 0 atom stereocenters. The van der Waals surface area contributed by atoms with E-state index in [9.17, 15) is 9.18 Å². The highest BCUT2D eigenvalue weighted by Gasteiger charge is 2.17. The Balaban J connectivity index is 1.62. The highest BCUT2D eigenvalue weighted by Crippen LogP contribution is 2.38. The molecule has 1 N–H and O–H groups in total. The van der Waals surface area contributed by atoms with Crippen molar-refractivity contribution in [2.24, 2.45) is 0 Å². The molecule has 1 aliphatic heterocycles. The minimum Gasteiger partial charge on any atom is -0.486 e. The molecule has 0 aliphatic carbocycles. The zero-order chi connectivity index (χ0) is 17.1. The van der Waals surface area contributed by atoms with Crippen molar-refractivity contribution in [3.05, 3.63) is 57.9 Å². The van der Waals surface area contributed by atoms with Crippen molar-refractivity contribution in [3.8, 4) is 11.5 Å². The van der Waals surface area contributed by atoms with E-state index in [2.05, 4.69) is 5.32 Å². The van der Waals surface area contributed by atoms with Crippen LogP contribution >= 0.6 is 11.6 Å². The van der Waals surface area contributed by atoms with Gasteiger partial charge in [-0.05, 0) is 41.8 Å². The van der Waals surface area contributed by atoms with Gasteiger partial charge in [0.15, 0.2) is 11.5 Å². The van der Waals surface area contributed by atoms with Crippen molar-refractivity contribution in [2.75, 3.05) is 13.2 Å². The predicted molar refractivity (Wildman–Crippen MR) is 89.1 cm³/mol. The molecule has 126 valence electrons. The number of ether oxygens (including phenoxy) is 2. The summed E-state index contributed by atoms with van der Waals surface area (Å²) in [5.41, 5.74) is 2.03. The van der Waals surface area contributed by atoms with Crippen molar-refractivity contribution in [1.82, 2.24) is 5.32 Å². The molecule has 3 rings (SSSR count). The number of benzene rings is 2. The Morgan fingerprint density at radius 3 is 2.79 bits per heavy atom. The fourth-order valence-corrected chi connectivity index (χ4v) is 2.75. The van der Waals surface area contributed by atoms with E-state index in [-0.39, 0.29) is 24.7 Å². The van der Waals surface area contributed by atoms with Crippen LogP contribution in [0.15, 0.2) is 30.3 Å². The number of nitrogens with one attached hydrogen (secondary N) is 1. The Kier molecular flexibility index (Phi) is 4.90. The third-order valence-electron chi connectivity index (χ3n) is 3.75. The first-order valence-corrected chi connectivity index (χ1v) is 8.00. The summed E-state index contributed by atoms with van der Waals surface area (Å²) in [7, 11) is 0. The van der Waals surface area contributed by atoms with Crippen LogP contribution in [0.25, 0.3) is 0 Å². The van der Waals surface area contributed by atoms with E-state index in [1.807, 2.05) is 0 Å². The number of carbonyl (C=O) groups excluding carboxylic acids is 1. The number of aryl methyl sites for hydroxylation is 1. The van der Waals surface area contributed by atoms with Crippen molar-refractivity contribution in [1.29, 1.82) is 0 Å². The van der Waals surface area contributed by atoms with Crippen LogP contribution in [0.3, 0.4) is 0 Å². The summed E-state index contributed by atoms with van der Waals surface area (Å²) < 4.78 is 24.4. The maximum atomic E-state index is 13.5. The fourth-order valence-electron chi connectivity index (χ4n) is 2.46. The first kappa shape index (κ1) is 16.6. The molecule has 1 heterocycles. The van der Waals surface area contributed by atoms with E-state index in [0.717, 1.165) is 5.56 Å². The third-order valence-corrected chi connectivity index (χ3v) is 4.03. The summed E-state index contributed by atoms with van der Waals surface area (Å²) in [5.74, 6) is 0.614. The van der Waals surface area contributed by atoms with Crippen LogP contribution in [0.1, 0.15) is 16.7 Å². The molecule has 0 saturated carbocycles. The van der Waals surface area contributed by atoms with Crippen LogP contribution in [0.4, 0.5) is 4.39 Å². The second kappa shape index (κ2) is 7.09. The number of rotatable bonds is 4. The van der Waals surface area contributed by atoms with Gasteiger partial charge in [-0.3, -0.25) is 4.79 Å². The predicted octanol–water partition coefficient (Wildman–Crippen LogP) is 3.42. The van der Waals surface area contributed by atoms with Gasteiger partial charge in [0, 0.05) is 6.54 Å². The molecule has 2 aromatic carbocycles.